The van der Waals surface area contributed by atoms with E-state index in [1.807, 2.05) is 0 Å². The summed E-state index contributed by atoms with van der Waals surface area (Å²) in [4.78, 5) is 0. The zero-order chi connectivity index (χ0) is 13.5. The Balaban J connectivity index is 1.69. The molecule has 1 aromatic heterocycles. The zero-order valence-electron chi connectivity index (χ0n) is 12.3. The molecule has 0 saturated heterocycles. The van der Waals surface area contributed by atoms with E-state index in [9.17, 15) is 0 Å². The van der Waals surface area contributed by atoms with Crippen LogP contribution in [-0.4, -0.2) is 22.4 Å². The predicted molar refractivity (Wildman–Crippen MR) is 80.3 cm³/mol. The molecule has 0 atom stereocenters. The highest BCUT2D eigenvalue weighted by Crippen LogP contribution is 2.28. The number of nitrogens with one attached hydrogen (secondary N) is 1. The van der Waals surface area contributed by atoms with Crippen molar-refractivity contribution >= 4 is 0 Å². The minimum absolute atomic E-state index is 0.579. The van der Waals surface area contributed by atoms with Gasteiger partial charge >= 0.3 is 0 Å². The van der Waals surface area contributed by atoms with Gasteiger partial charge in [-0.1, -0.05) is 38.8 Å². The summed E-state index contributed by atoms with van der Waals surface area (Å²) in [6.07, 6.45) is 14.0. The molecule has 1 saturated carbocycles. The largest absolute Gasteiger partial charge is 0.314 e. The van der Waals surface area contributed by atoms with E-state index in [0.29, 0.717) is 12.1 Å². The van der Waals surface area contributed by atoms with Gasteiger partial charge in [0.05, 0.1) is 11.7 Å². The fourth-order valence-electron chi connectivity index (χ4n) is 2.64. The zero-order valence-corrected chi connectivity index (χ0v) is 12.3. The summed E-state index contributed by atoms with van der Waals surface area (Å²) in [7, 11) is 0. The number of rotatable bonds is 7. The van der Waals surface area contributed by atoms with Crippen LogP contribution in [0.2, 0.25) is 0 Å². The highest BCUT2D eigenvalue weighted by atomic mass is 15.3. The molecule has 1 N–H and O–H groups in total. The van der Waals surface area contributed by atoms with Crippen molar-refractivity contribution in [2.24, 2.45) is 0 Å². The molecule has 0 spiro atoms. The van der Waals surface area contributed by atoms with Crippen LogP contribution in [-0.2, 0) is 6.42 Å². The molecular weight excluding hydrogens is 234 g/mol. The smallest absolute Gasteiger partial charge is 0.0662 e. The lowest BCUT2D eigenvalue weighted by molar-refractivity contribution is 0.464. The SMILES string of the molecule is CC(C)NCCC=CCc1ccn(C2CCCC2)n1. The van der Waals surface area contributed by atoms with Gasteiger partial charge in [-0.05, 0) is 31.9 Å². The second-order valence-corrected chi connectivity index (χ2v) is 5.80. The molecule has 1 aromatic rings. The summed E-state index contributed by atoms with van der Waals surface area (Å²) in [6, 6.07) is 3.40. The molecule has 3 nitrogen and oxygen atoms in total. The Kier molecular flexibility index (Phi) is 5.64. The minimum atomic E-state index is 0.579. The Morgan fingerprint density at radius 1 is 1.37 bits per heavy atom. The first-order valence-corrected chi connectivity index (χ1v) is 7.68. The van der Waals surface area contributed by atoms with E-state index in [1.54, 1.807) is 0 Å². The summed E-state index contributed by atoms with van der Waals surface area (Å²) >= 11 is 0. The normalized spacial score (nSPS) is 17.0. The van der Waals surface area contributed by atoms with Crippen molar-refractivity contribution in [1.29, 1.82) is 0 Å². The molecule has 0 unspecified atom stereocenters. The third-order valence-electron chi connectivity index (χ3n) is 3.72. The van der Waals surface area contributed by atoms with Gasteiger partial charge in [0.2, 0.25) is 0 Å². The molecule has 0 amide bonds. The average Bonchev–Trinajstić information content (AvgIpc) is 3.03. The summed E-state index contributed by atoms with van der Waals surface area (Å²) in [5.74, 6) is 0. The van der Waals surface area contributed by atoms with Crippen LogP contribution < -0.4 is 5.32 Å². The molecule has 1 fully saturated rings. The van der Waals surface area contributed by atoms with Crippen molar-refractivity contribution in [2.75, 3.05) is 6.54 Å². The molecule has 19 heavy (non-hydrogen) atoms. The number of allylic oxidation sites excluding steroid dienone is 1. The van der Waals surface area contributed by atoms with E-state index in [4.69, 9.17) is 0 Å². The molecule has 2 rings (SSSR count). The van der Waals surface area contributed by atoms with Crippen molar-refractivity contribution in [3.8, 4) is 0 Å². The van der Waals surface area contributed by atoms with Crippen LogP contribution in [0.25, 0.3) is 0 Å². The molecule has 3 heteroatoms. The highest BCUT2D eigenvalue weighted by molar-refractivity contribution is 5.05. The number of aromatic nitrogens is 2. The maximum atomic E-state index is 4.69. The molecular formula is C16H27N3. The Hall–Kier alpha value is -1.09. The van der Waals surface area contributed by atoms with Crippen LogP contribution in [0.3, 0.4) is 0 Å². The van der Waals surface area contributed by atoms with Gasteiger partial charge < -0.3 is 5.32 Å². The first kappa shape index (κ1) is 14.3. The molecule has 1 aliphatic carbocycles. The standard InChI is InChI=1S/C16H27N3/c1-14(2)17-12-7-3-4-8-15-11-13-19(18-15)16-9-5-6-10-16/h3-4,11,13-14,16-17H,5-10,12H2,1-2H3. The molecule has 0 aromatic carbocycles. The molecule has 1 aliphatic rings. The summed E-state index contributed by atoms with van der Waals surface area (Å²) in [5.41, 5.74) is 1.19. The van der Waals surface area contributed by atoms with Crippen molar-refractivity contribution in [3.63, 3.8) is 0 Å². The van der Waals surface area contributed by atoms with E-state index < -0.39 is 0 Å². The number of hydrogen-bond donors (Lipinski definition) is 1. The number of hydrogen-bond acceptors (Lipinski definition) is 2. The van der Waals surface area contributed by atoms with Crippen LogP contribution >= 0.6 is 0 Å². The predicted octanol–water partition coefficient (Wildman–Crippen LogP) is 3.49. The lowest BCUT2D eigenvalue weighted by Crippen LogP contribution is -2.23. The van der Waals surface area contributed by atoms with Crippen molar-refractivity contribution in [1.82, 2.24) is 15.1 Å². The maximum absolute atomic E-state index is 4.69. The second-order valence-electron chi connectivity index (χ2n) is 5.80. The molecule has 0 aliphatic heterocycles. The Morgan fingerprint density at radius 2 is 2.16 bits per heavy atom. The molecule has 1 heterocycles. The lowest BCUT2D eigenvalue weighted by atomic mass is 10.2. The van der Waals surface area contributed by atoms with E-state index in [0.717, 1.165) is 19.4 Å². The van der Waals surface area contributed by atoms with Crippen molar-refractivity contribution in [2.45, 2.75) is 64.5 Å². The lowest BCUT2D eigenvalue weighted by Gasteiger charge is -2.08. The van der Waals surface area contributed by atoms with Crippen molar-refractivity contribution < 1.29 is 0 Å². The van der Waals surface area contributed by atoms with Gasteiger partial charge in [-0.15, -0.1) is 0 Å². The van der Waals surface area contributed by atoms with Gasteiger partial charge in [0, 0.05) is 18.7 Å². The van der Waals surface area contributed by atoms with Crippen molar-refractivity contribution in [3.05, 3.63) is 30.1 Å². The Morgan fingerprint density at radius 3 is 2.89 bits per heavy atom. The van der Waals surface area contributed by atoms with E-state index >= 15 is 0 Å². The first-order valence-electron chi connectivity index (χ1n) is 7.68. The Labute approximate surface area is 117 Å². The molecule has 106 valence electrons. The number of nitrogens with zero attached hydrogens (tertiary/aromatic N) is 2. The highest BCUT2D eigenvalue weighted by Gasteiger charge is 2.17. The minimum Gasteiger partial charge on any atom is -0.314 e. The molecule has 0 bridgehead atoms. The average molecular weight is 261 g/mol. The Bertz CT molecular complexity index is 386. The summed E-state index contributed by atoms with van der Waals surface area (Å²) in [5, 5.41) is 8.10. The van der Waals surface area contributed by atoms with Gasteiger partial charge in [0.1, 0.15) is 0 Å². The third kappa shape index (κ3) is 4.83. The van der Waals surface area contributed by atoms with Crippen LogP contribution in [0.1, 0.15) is 57.7 Å². The maximum Gasteiger partial charge on any atom is 0.0662 e. The summed E-state index contributed by atoms with van der Waals surface area (Å²) in [6.45, 7) is 5.42. The van der Waals surface area contributed by atoms with Gasteiger partial charge in [-0.2, -0.15) is 5.10 Å². The van der Waals surface area contributed by atoms with E-state index in [-0.39, 0.29) is 0 Å². The second kappa shape index (κ2) is 7.49. The quantitative estimate of drug-likeness (QED) is 0.601. The third-order valence-corrected chi connectivity index (χ3v) is 3.72. The van der Waals surface area contributed by atoms with Gasteiger partial charge in [-0.25, -0.2) is 0 Å². The van der Waals surface area contributed by atoms with Crippen LogP contribution in [0.15, 0.2) is 24.4 Å². The van der Waals surface area contributed by atoms with Crippen LogP contribution in [0.5, 0.6) is 0 Å². The fraction of sp³-hybridized carbons (Fsp3) is 0.688. The monoisotopic (exact) mass is 261 g/mol. The van der Waals surface area contributed by atoms with Gasteiger partial charge in [0.15, 0.2) is 0 Å². The van der Waals surface area contributed by atoms with Gasteiger partial charge in [-0.3, -0.25) is 4.68 Å². The molecule has 0 radical (unpaired) electrons. The fourth-order valence-corrected chi connectivity index (χ4v) is 2.64. The van der Waals surface area contributed by atoms with E-state index in [1.165, 1.54) is 31.4 Å². The topological polar surface area (TPSA) is 29.9 Å². The van der Waals surface area contributed by atoms with Gasteiger partial charge in [0.25, 0.3) is 0 Å². The van der Waals surface area contributed by atoms with E-state index in [2.05, 4.69) is 53.4 Å². The van der Waals surface area contributed by atoms with Crippen LogP contribution in [0.4, 0.5) is 0 Å². The van der Waals surface area contributed by atoms with Crippen LogP contribution in [0, 0.1) is 0 Å². The summed E-state index contributed by atoms with van der Waals surface area (Å²) < 4.78 is 2.18. The first-order chi connectivity index (χ1) is 9.25.